The van der Waals surface area contributed by atoms with E-state index >= 15 is 0 Å². The highest BCUT2D eigenvalue weighted by atomic mass is 16.3. The molecule has 3 heteroatoms. The molecule has 0 saturated heterocycles. The van der Waals surface area contributed by atoms with E-state index in [1.165, 1.54) is 55.2 Å². The molecule has 0 fully saturated rings. The largest absolute Gasteiger partial charge is 0.455 e. The molecule has 0 radical (unpaired) electrons. The van der Waals surface area contributed by atoms with Gasteiger partial charge in [0.15, 0.2) is 0 Å². The number of anilines is 3. The van der Waals surface area contributed by atoms with Gasteiger partial charge in [-0.1, -0.05) is 147 Å². The van der Waals surface area contributed by atoms with Crippen LogP contribution in [-0.4, -0.2) is 4.57 Å². The van der Waals surface area contributed by atoms with Gasteiger partial charge in [-0.2, -0.15) is 0 Å². The van der Waals surface area contributed by atoms with Gasteiger partial charge in [-0.15, -0.1) is 0 Å². The highest BCUT2D eigenvalue weighted by Crippen LogP contribution is 2.50. The van der Waals surface area contributed by atoms with Gasteiger partial charge < -0.3 is 13.9 Å². The molecule has 0 amide bonds. The molecule has 0 atom stereocenters. The van der Waals surface area contributed by atoms with Gasteiger partial charge in [0.05, 0.1) is 11.0 Å². The van der Waals surface area contributed by atoms with Crippen LogP contribution in [0.15, 0.2) is 211 Å². The average molecular weight is 769 g/mol. The molecule has 0 unspecified atom stereocenters. The maximum absolute atomic E-state index is 6.73. The van der Waals surface area contributed by atoms with Crippen LogP contribution in [0.2, 0.25) is 0 Å². The summed E-state index contributed by atoms with van der Waals surface area (Å²) >= 11 is 0. The highest BCUT2D eigenvalue weighted by Gasteiger charge is 2.35. The molecule has 0 aliphatic heterocycles. The molecule has 0 spiro atoms. The molecule has 0 saturated carbocycles. The summed E-state index contributed by atoms with van der Waals surface area (Å²) in [5, 5.41) is 4.69. The second kappa shape index (κ2) is 13.2. The maximum atomic E-state index is 6.73. The topological polar surface area (TPSA) is 21.3 Å². The molecule has 0 bridgehead atoms. The Bertz CT molecular complexity index is 3410. The van der Waals surface area contributed by atoms with Crippen molar-refractivity contribution in [3.63, 3.8) is 0 Å². The molecule has 2 aromatic heterocycles. The number of hydrogen-bond acceptors (Lipinski definition) is 2. The average Bonchev–Trinajstić information content (AvgIpc) is 3.92. The van der Waals surface area contributed by atoms with Crippen LogP contribution in [0, 0.1) is 0 Å². The van der Waals surface area contributed by atoms with Crippen LogP contribution in [0.5, 0.6) is 0 Å². The third kappa shape index (κ3) is 5.22. The first-order valence-corrected chi connectivity index (χ1v) is 20.8. The van der Waals surface area contributed by atoms with Crippen molar-refractivity contribution in [1.29, 1.82) is 0 Å². The molecule has 1 aliphatic carbocycles. The van der Waals surface area contributed by atoms with E-state index in [1.54, 1.807) is 0 Å². The van der Waals surface area contributed by atoms with Crippen LogP contribution >= 0.6 is 0 Å². The van der Waals surface area contributed by atoms with Gasteiger partial charge in [0.25, 0.3) is 0 Å². The van der Waals surface area contributed by atoms with E-state index in [4.69, 9.17) is 4.42 Å². The quantitative estimate of drug-likeness (QED) is 0.168. The summed E-state index contributed by atoms with van der Waals surface area (Å²) < 4.78 is 9.10. The maximum Gasteiger partial charge on any atom is 0.143 e. The first-order valence-electron chi connectivity index (χ1n) is 20.8. The normalized spacial score (nSPS) is 13.0. The molecular formula is C57H40N2O. The number of fused-ring (bicyclic) bond motifs is 9. The Hall–Kier alpha value is -7.62. The monoisotopic (exact) mass is 768 g/mol. The lowest BCUT2D eigenvalue weighted by Gasteiger charge is -2.27. The van der Waals surface area contributed by atoms with E-state index in [2.05, 4.69) is 224 Å². The smallest absolute Gasteiger partial charge is 0.143 e. The fourth-order valence-electron chi connectivity index (χ4n) is 9.88. The van der Waals surface area contributed by atoms with E-state index in [0.29, 0.717) is 0 Å². The van der Waals surface area contributed by atoms with Gasteiger partial charge in [-0.25, -0.2) is 0 Å². The number of para-hydroxylation sites is 4. The predicted molar refractivity (Wildman–Crippen MR) is 251 cm³/mol. The van der Waals surface area contributed by atoms with Crippen molar-refractivity contribution in [2.24, 2.45) is 0 Å². The number of rotatable bonds is 6. The minimum absolute atomic E-state index is 0.0730. The van der Waals surface area contributed by atoms with E-state index < -0.39 is 0 Å². The number of benzene rings is 9. The molecule has 1 aliphatic rings. The van der Waals surface area contributed by atoms with Gasteiger partial charge >= 0.3 is 0 Å². The number of nitrogens with zero attached hydrogens (tertiary/aromatic N) is 2. The Morgan fingerprint density at radius 2 is 1.02 bits per heavy atom. The van der Waals surface area contributed by atoms with Crippen molar-refractivity contribution < 1.29 is 4.42 Å². The molecule has 284 valence electrons. The molecule has 60 heavy (non-hydrogen) atoms. The molecule has 11 aromatic rings. The van der Waals surface area contributed by atoms with Crippen molar-refractivity contribution in [2.75, 3.05) is 4.90 Å². The third-order valence-corrected chi connectivity index (χ3v) is 12.8. The van der Waals surface area contributed by atoms with Gasteiger partial charge in [-0.3, -0.25) is 0 Å². The summed E-state index contributed by atoms with van der Waals surface area (Å²) in [5.74, 6) is 0. The van der Waals surface area contributed by atoms with Crippen LogP contribution in [0.1, 0.15) is 25.0 Å². The summed E-state index contributed by atoms with van der Waals surface area (Å²) in [6.07, 6.45) is 0. The molecule has 0 N–H and O–H groups in total. The Labute approximate surface area is 349 Å². The predicted octanol–water partition coefficient (Wildman–Crippen LogP) is 15.8. The van der Waals surface area contributed by atoms with Gasteiger partial charge in [0, 0.05) is 55.3 Å². The number of aromatic nitrogens is 1. The summed E-state index contributed by atoms with van der Waals surface area (Å²) in [5.41, 5.74) is 18.4. The van der Waals surface area contributed by atoms with Crippen LogP contribution in [0.4, 0.5) is 17.1 Å². The summed E-state index contributed by atoms with van der Waals surface area (Å²) in [6.45, 7) is 4.70. The zero-order valence-corrected chi connectivity index (χ0v) is 33.4. The van der Waals surface area contributed by atoms with Gasteiger partial charge in [0.2, 0.25) is 0 Å². The van der Waals surface area contributed by atoms with Crippen LogP contribution in [0.25, 0.3) is 82.8 Å². The molecule has 9 aromatic carbocycles. The van der Waals surface area contributed by atoms with E-state index in [-0.39, 0.29) is 5.41 Å². The summed E-state index contributed by atoms with van der Waals surface area (Å²) in [7, 11) is 0. The van der Waals surface area contributed by atoms with Crippen LogP contribution in [-0.2, 0) is 5.41 Å². The van der Waals surface area contributed by atoms with E-state index in [9.17, 15) is 0 Å². The lowest BCUT2D eigenvalue weighted by molar-refractivity contribution is 0.660. The zero-order valence-electron chi connectivity index (χ0n) is 33.4. The fraction of sp³-hybridized carbons (Fsp3) is 0.0526. The van der Waals surface area contributed by atoms with Crippen molar-refractivity contribution in [3.8, 4) is 39.1 Å². The Morgan fingerprint density at radius 1 is 0.400 bits per heavy atom. The first kappa shape index (κ1) is 34.4. The molecule has 3 nitrogen and oxygen atoms in total. The second-order valence-corrected chi connectivity index (χ2v) is 16.5. The van der Waals surface area contributed by atoms with Gasteiger partial charge in [0.1, 0.15) is 11.2 Å². The van der Waals surface area contributed by atoms with Gasteiger partial charge in [-0.05, 0) is 112 Å². The van der Waals surface area contributed by atoms with Crippen LogP contribution < -0.4 is 4.90 Å². The fourth-order valence-corrected chi connectivity index (χ4v) is 9.88. The standard InChI is InChI=1S/C57H40N2O/c1-57(2)51-23-10-6-19-44(51)45-32-29-39(34-52(45)57)38-15-14-18-42(33-38)58(40-16-4-3-5-17-40)43-35-49(56-50(36-43)48-22-9-13-26-55(48)60-56)37-27-30-41(31-28-37)59-53-24-11-7-20-46(53)47-21-8-12-25-54(47)59/h3-36H,1-2H3. The second-order valence-electron chi connectivity index (χ2n) is 16.5. The van der Waals surface area contributed by atoms with E-state index in [1.807, 2.05) is 6.07 Å². The highest BCUT2D eigenvalue weighted by molar-refractivity contribution is 6.12. The third-order valence-electron chi connectivity index (χ3n) is 12.8. The SMILES string of the molecule is CC1(C)c2ccccc2-c2ccc(-c3cccc(N(c4ccccc4)c4cc(-c5ccc(-n6c7ccccc7c7ccccc76)cc5)c5oc6ccccc6c5c4)c3)cc21. The molecule has 2 heterocycles. The minimum atomic E-state index is -0.0730. The summed E-state index contributed by atoms with van der Waals surface area (Å²) in [6, 6.07) is 74.8. The van der Waals surface area contributed by atoms with Crippen molar-refractivity contribution in [2.45, 2.75) is 19.3 Å². The number of hydrogen-bond donors (Lipinski definition) is 0. The lowest BCUT2D eigenvalue weighted by Crippen LogP contribution is -2.14. The Kier molecular flexibility index (Phi) is 7.58. The molecular weight excluding hydrogens is 729 g/mol. The lowest BCUT2D eigenvalue weighted by atomic mass is 9.81. The zero-order chi connectivity index (χ0) is 40.0. The Morgan fingerprint density at radius 3 is 1.80 bits per heavy atom. The molecule has 12 rings (SSSR count). The first-order chi connectivity index (χ1) is 29.5. The van der Waals surface area contributed by atoms with Crippen molar-refractivity contribution in [3.05, 3.63) is 217 Å². The Balaban J connectivity index is 1.02. The van der Waals surface area contributed by atoms with Crippen molar-refractivity contribution in [1.82, 2.24) is 4.57 Å². The van der Waals surface area contributed by atoms with Crippen LogP contribution in [0.3, 0.4) is 0 Å². The van der Waals surface area contributed by atoms with Crippen molar-refractivity contribution >= 4 is 60.8 Å². The van der Waals surface area contributed by atoms with E-state index in [0.717, 1.165) is 55.8 Å². The number of furan rings is 1. The minimum Gasteiger partial charge on any atom is -0.455 e. The summed E-state index contributed by atoms with van der Waals surface area (Å²) in [4.78, 5) is 2.38.